The zero-order valence-electron chi connectivity index (χ0n) is 22.5. The molecule has 5 heteroatoms. The molecule has 0 aliphatic heterocycles. The molecule has 0 saturated heterocycles. The van der Waals surface area contributed by atoms with Crippen molar-refractivity contribution in [2.75, 3.05) is 0 Å². The van der Waals surface area contributed by atoms with Gasteiger partial charge in [-0.1, -0.05) is 36.9 Å². The number of fused-ring (bicyclic) bond motifs is 5. The molecule has 7 rings (SSSR count). The number of rotatable bonds is 6. The van der Waals surface area contributed by atoms with Gasteiger partial charge < -0.3 is 0 Å². The molecule has 0 fully saturated rings. The summed E-state index contributed by atoms with van der Waals surface area (Å²) in [5.41, 5.74) is 6.31. The van der Waals surface area contributed by atoms with Crippen LogP contribution in [0.4, 0.5) is 0 Å². The number of allylic oxidation sites excluding steroid dienone is 5. The second kappa shape index (κ2) is 10.6. The molecule has 0 atom stereocenters. The van der Waals surface area contributed by atoms with E-state index in [2.05, 4.69) is 82.8 Å². The molecule has 4 nitrogen and oxygen atoms in total. The van der Waals surface area contributed by atoms with Crippen molar-refractivity contribution in [3.8, 4) is 28.5 Å². The standard InChI is InChI=1S/C36H26N4Se/c1-3-5-12-24(4-2)34-37-35(25-13-7-6-8-14-25)39-36(38-34)26-15-11-16-27(23-26)40-31-18-10-9-17-28(31)29-19-20-32-30(33(29)40)21-22-41-32/h3-23H,1H2,2H3/b12-5-,24-4+. The summed E-state index contributed by atoms with van der Waals surface area (Å²) in [7, 11) is 0. The summed E-state index contributed by atoms with van der Waals surface area (Å²) < 4.78 is 3.81. The number of para-hydroxylation sites is 1. The van der Waals surface area contributed by atoms with Crippen molar-refractivity contribution >= 4 is 51.5 Å². The van der Waals surface area contributed by atoms with E-state index in [4.69, 9.17) is 15.0 Å². The zero-order valence-corrected chi connectivity index (χ0v) is 24.2. The molecule has 0 unspecified atom stereocenters. The summed E-state index contributed by atoms with van der Waals surface area (Å²) in [6.07, 6.45) is 7.65. The van der Waals surface area contributed by atoms with Crippen LogP contribution in [0, 0.1) is 0 Å². The van der Waals surface area contributed by atoms with Crippen LogP contribution in [0.1, 0.15) is 12.7 Å². The van der Waals surface area contributed by atoms with Crippen LogP contribution in [0.3, 0.4) is 0 Å². The van der Waals surface area contributed by atoms with Crippen molar-refractivity contribution in [2.24, 2.45) is 0 Å². The fourth-order valence-corrected chi connectivity index (χ4v) is 7.03. The SMILES string of the molecule is C=C/C=C\C(=C/C)c1nc(-c2ccccc2)nc(-c2cccc(-n3c4ccccc4c4ccc5[se]ccc5c43)c2)n1. The average molecular weight is 594 g/mol. The van der Waals surface area contributed by atoms with E-state index in [1.165, 1.54) is 31.5 Å². The predicted molar refractivity (Wildman–Crippen MR) is 172 cm³/mol. The summed E-state index contributed by atoms with van der Waals surface area (Å²) in [5, 5.41) is 3.85. The average Bonchev–Trinajstić information content (AvgIpc) is 3.65. The third kappa shape index (κ3) is 4.46. The molecule has 3 heterocycles. The van der Waals surface area contributed by atoms with Crippen LogP contribution in [0.25, 0.3) is 65.5 Å². The van der Waals surface area contributed by atoms with Crippen LogP contribution in [-0.2, 0) is 0 Å². The van der Waals surface area contributed by atoms with E-state index in [-0.39, 0.29) is 0 Å². The second-order valence-corrected chi connectivity index (χ2v) is 11.7. The van der Waals surface area contributed by atoms with Crippen molar-refractivity contribution in [1.82, 2.24) is 19.5 Å². The van der Waals surface area contributed by atoms with Crippen LogP contribution >= 0.6 is 0 Å². The minimum atomic E-state index is 0.367. The van der Waals surface area contributed by atoms with E-state index in [1.807, 2.05) is 55.5 Å². The van der Waals surface area contributed by atoms with E-state index in [9.17, 15) is 0 Å². The Labute approximate surface area is 244 Å². The van der Waals surface area contributed by atoms with E-state index in [0.29, 0.717) is 32.0 Å². The third-order valence-electron chi connectivity index (χ3n) is 7.28. The van der Waals surface area contributed by atoms with Gasteiger partial charge in [0.05, 0.1) is 0 Å². The first-order valence-corrected chi connectivity index (χ1v) is 15.4. The zero-order chi connectivity index (χ0) is 27.8. The normalized spacial score (nSPS) is 12.2. The first-order valence-electron chi connectivity index (χ1n) is 13.5. The van der Waals surface area contributed by atoms with Crippen molar-refractivity contribution in [2.45, 2.75) is 6.92 Å². The van der Waals surface area contributed by atoms with Crippen molar-refractivity contribution in [1.29, 1.82) is 0 Å². The summed E-state index contributed by atoms with van der Waals surface area (Å²) in [5.74, 6) is 1.91. The van der Waals surface area contributed by atoms with Crippen LogP contribution in [0.5, 0.6) is 0 Å². The van der Waals surface area contributed by atoms with Crippen LogP contribution in [0.2, 0.25) is 0 Å². The Morgan fingerprint density at radius 3 is 2.37 bits per heavy atom. The van der Waals surface area contributed by atoms with Crippen LogP contribution in [-0.4, -0.2) is 34.0 Å². The number of aromatic nitrogens is 4. The van der Waals surface area contributed by atoms with Crippen LogP contribution in [0.15, 0.2) is 133 Å². The molecule has 41 heavy (non-hydrogen) atoms. The van der Waals surface area contributed by atoms with Gasteiger partial charge in [-0.3, -0.25) is 0 Å². The Bertz CT molecular complexity index is 2130. The van der Waals surface area contributed by atoms with Gasteiger partial charge in [0.1, 0.15) is 0 Å². The fourth-order valence-electron chi connectivity index (χ4n) is 5.38. The molecule has 4 aromatic carbocycles. The Balaban J connectivity index is 1.46. The summed E-state index contributed by atoms with van der Waals surface area (Å²) >= 11 is 0.367. The maximum atomic E-state index is 4.96. The summed E-state index contributed by atoms with van der Waals surface area (Å²) in [6, 6.07) is 34.1. The van der Waals surface area contributed by atoms with Gasteiger partial charge in [0.25, 0.3) is 0 Å². The van der Waals surface area contributed by atoms with E-state index in [1.54, 1.807) is 6.08 Å². The van der Waals surface area contributed by atoms with E-state index >= 15 is 0 Å². The van der Waals surface area contributed by atoms with E-state index in [0.717, 1.165) is 22.4 Å². The van der Waals surface area contributed by atoms with Crippen molar-refractivity contribution < 1.29 is 0 Å². The fraction of sp³-hybridized carbons (Fsp3) is 0.0278. The number of nitrogens with zero attached hydrogens (tertiary/aromatic N) is 4. The molecule has 3 aromatic heterocycles. The van der Waals surface area contributed by atoms with Gasteiger partial charge in [-0.25, -0.2) is 0 Å². The summed E-state index contributed by atoms with van der Waals surface area (Å²) in [6.45, 7) is 5.81. The topological polar surface area (TPSA) is 43.6 Å². The molecular formula is C36H26N4Se. The molecule has 0 amide bonds. The molecule has 0 N–H and O–H groups in total. The Morgan fingerprint density at radius 2 is 1.54 bits per heavy atom. The summed E-state index contributed by atoms with van der Waals surface area (Å²) in [4.78, 5) is 17.1. The van der Waals surface area contributed by atoms with Crippen molar-refractivity contribution in [3.63, 3.8) is 0 Å². The maximum absolute atomic E-state index is 4.96. The monoisotopic (exact) mass is 594 g/mol. The van der Waals surface area contributed by atoms with Gasteiger partial charge in [0.15, 0.2) is 0 Å². The van der Waals surface area contributed by atoms with Gasteiger partial charge in [0.2, 0.25) is 0 Å². The molecule has 0 radical (unpaired) electrons. The van der Waals surface area contributed by atoms with Gasteiger partial charge in [-0.15, -0.1) is 0 Å². The third-order valence-corrected chi connectivity index (χ3v) is 9.13. The number of hydrogen-bond donors (Lipinski definition) is 0. The Hall–Kier alpha value is -4.83. The minimum absolute atomic E-state index is 0.367. The molecule has 0 saturated carbocycles. The Morgan fingerprint density at radius 1 is 0.756 bits per heavy atom. The van der Waals surface area contributed by atoms with Crippen molar-refractivity contribution in [3.05, 3.63) is 139 Å². The van der Waals surface area contributed by atoms with Gasteiger partial charge in [-0.2, -0.15) is 0 Å². The molecular weight excluding hydrogens is 567 g/mol. The first kappa shape index (κ1) is 25.2. The number of hydrogen-bond acceptors (Lipinski definition) is 3. The van der Waals surface area contributed by atoms with Gasteiger partial charge in [0, 0.05) is 0 Å². The number of benzene rings is 4. The van der Waals surface area contributed by atoms with Crippen LogP contribution < -0.4 is 0 Å². The first-order chi connectivity index (χ1) is 20.2. The van der Waals surface area contributed by atoms with Gasteiger partial charge in [-0.05, 0) is 6.92 Å². The quantitative estimate of drug-likeness (QED) is 0.143. The molecule has 0 aliphatic rings. The van der Waals surface area contributed by atoms with Gasteiger partial charge >= 0.3 is 201 Å². The molecule has 0 aliphatic carbocycles. The predicted octanol–water partition coefficient (Wildman–Crippen LogP) is 8.66. The molecule has 0 bridgehead atoms. The molecule has 196 valence electrons. The molecule has 7 aromatic rings. The molecule has 0 spiro atoms. The van der Waals surface area contributed by atoms with E-state index < -0.39 is 0 Å². The Kier molecular flexibility index (Phi) is 6.52. The second-order valence-electron chi connectivity index (χ2n) is 9.71.